The van der Waals surface area contributed by atoms with Crippen LogP contribution >= 0.6 is 0 Å². The molecule has 2 aromatic carbocycles. The quantitative estimate of drug-likeness (QED) is 0.343. The van der Waals surface area contributed by atoms with Gasteiger partial charge in [-0.15, -0.1) is 0 Å². The molecule has 0 aliphatic heterocycles. The van der Waals surface area contributed by atoms with Gasteiger partial charge in [0.05, 0.1) is 35.1 Å². The van der Waals surface area contributed by atoms with E-state index in [1.807, 2.05) is 0 Å². The van der Waals surface area contributed by atoms with E-state index in [4.69, 9.17) is 11.5 Å². The fourth-order valence-electron chi connectivity index (χ4n) is 2.85. The van der Waals surface area contributed by atoms with Crippen LogP contribution < -0.4 is 11.5 Å². The molecule has 20 nitrogen and oxygen atoms in total. The highest BCUT2D eigenvalue weighted by Gasteiger charge is 2.50. The Kier molecular flexibility index (Phi) is 5.46. The van der Waals surface area contributed by atoms with Crippen molar-refractivity contribution in [1.29, 1.82) is 0 Å². The summed E-state index contributed by atoms with van der Waals surface area (Å²) >= 11 is 0. The molecule has 0 aliphatic carbocycles. The third kappa shape index (κ3) is 3.34. The molecule has 20 heteroatoms. The zero-order chi connectivity index (χ0) is 24.7. The summed E-state index contributed by atoms with van der Waals surface area (Å²) in [6.07, 6.45) is 0. The Morgan fingerprint density at radius 2 is 0.938 bits per heavy atom. The average Bonchev–Trinajstić information content (AvgIpc) is 2.64. The summed E-state index contributed by atoms with van der Waals surface area (Å²) in [5.74, 6) is 0. The smallest absolute Gasteiger partial charge is 0.387 e. The van der Waals surface area contributed by atoms with Crippen LogP contribution in [-0.4, -0.2) is 29.5 Å². The number of anilines is 2. The molecule has 0 unspecified atom stereocenters. The Morgan fingerprint density at radius 1 is 0.500 bits per heavy atom. The molecule has 2 aromatic rings. The van der Waals surface area contributed by atoms with Gasteiger partial charge >= 0.3 is 28.4 Å². The second-order valence-corrected chi connectivity index (χ2v) is 5.62. The van der Waals surface area contributed by atoms with Gasteiger partial charge in [-0.2, -0.15) is 0 Å². The molecule has 0 fully saturated rings. The standard InChI is InChI=1S/C12H6N8O12/c13-6-4(15(21)22)2-1-3(8(6)16(23)24)5-9(17(25)26)7(14)11(19(29)30)12(20(31)32)10(5)18(27)28/h1-2H,13-14H2. The van der Waals surface area contributed by atoms with Crippen LogP contribution in [-0.2, 0) is 0 Å². The van der Waals surface area contributed by atoms with Gasteiger partial charge in [-0.1, -0.05) is 0 Å². The number of benzene rings is 2. The van der Waals surface area contributed by atoms with Crippen LogP contribution in [0.25, 0.3) is 11.1 Å². The minimum absolute atomic E-state index is 0.441. The van der Waals surface area contributed by atoms with E-state index in [1.54, 1.807) is 0 Å². The van der Waals surface area contributed by atoms with Crippen molar-refractivity contribution >= 4 is 45.5 Å². The molecule has 0 spiro atoms. The first kappa shape index (κ1) is 22.7. The summed E-state index contributed by atoms with van der Waals surface area (Å²) in [4.78, 5) is 59.6. The van der Waals surface area contributed by atoms with Gasteiger partial charge in [-0.25, -0.2) is 0 Å². The van der Waals surface area contributed by atoms with Crippen LogP contribution in [0.15, 0.2) is 12.1 Å². The lowest BCUT2D eigenvalue weighted by Gasteiger charge is -2.10. The lowest BCUT2D eigenvalue weighted by molar-refractivity contribution is -0.442. The summed E-state index contributed by atoms with van der Waals surface area (Å²) in [6, 6.07) is 0.936. The number of hydrogen-bond acceptors (Lipinski definition) is 14. The highest BCUT2D eigenvalue weighted by molar-refractivity contribution is 6.02. The lowest BCUT2D eigenvalue weighted by Crippen LogP contribution is -2.11. The Morgan fingerprint density at radius 3 is 1.31 bits per heavy atom. The van der Waals surface area contributed by atoms with Gasteiger partial charge < -0.3 is 11.5 Å². The van der Waals surface area contributed by atoms with Crippen molar-refractivity contribution in [2.24, 2.45) is 0 Å². The minimum atomic E-state index is -1.90. The number of rotatable bonds is 7. The van der Waals surface area contributed by atoms with Gasteiger partial charge in [0.15, 0.2) is 16.9 Å². The van der Waals surface area contributed by atoms with E-state index in [9.17, 15) is 60.7 Å². The van der Waals surface area contributed by atoms with E-state index in [0.29, 0.717) is 12.1 Å². The predicted octanol–water partition coefficient (Wildman–Crippen LogP) is 1.97. The SMILES string of the molecule is Nc1c([N+](=O)[O-])ccc(-c2c([N+](=O)[O-])c(N)c([N+](=O)[O-])c([N+](=O)[O-])c2[N+](=O)[O-])c1[N+](=O)[O-]. The maximum absolute atomic E-state index is 11.6. The Bertz CT molecular complexity index is 1270. The van der Waals surface area contributed by atoms with Crippen molar-refractivity contribution in [2.75, 3.05) is 11.5 Å². The van der Waals surface area contributed by atoms with Gasteiger partial charge in [0, 0.05) is 6.07 Å². The van der Waals surface area contributed by atoms with E-state index in [0.717, 1.165) is 0 Å². The third-order valence-corrected chi connectivity index (χ3v) is 4.01. The summed E-state index contributed by atoms with van der Waals surface area (Å²) in [5, 5.41) is 68.4. The van der Waals surface area contributed by atoms with Crippen LogP contribution in [0.2, 0.25) is 0 Å². The molecule has 166 valence electrons. The molecule has 2 rings (SSSR count). The first-order valence-corrected chi connectivity index (χ1v) is 7.52. The Balaban J connectivity index is 3.35. The summed E-state index contributed by atoms with van der Waals surface area (Å²) in [5.41, 5.74) is -4.30. The fraction of sp³-hybridized carbons (Fsp3) is 0. The number of hydrogen-bond donors (Lipinski definition) is 2. The zero-order valence-corrected chi connectivity index (χ0v) is 14.9. The molecule has 0 saturated carbocycles. The lowest BCUT2D eigenvalue weighted by atomic mass is 9.95. The van der Waals surface area contributed by atoms with Gasteiger partial charge in [-0.3, -0.25) is 60.7 Å². The van der Waals surface area contributed by atoms with Crippen molar-refractivity contribution in [3.63, 3.8) is 0 Å². The number of nitrogens with two attached hydrogens (primary N) is 2. The third-order valence-electron chi connectivity index (χ3n) is 4.01. The molecule has 0 amide bonds. The average molecular weight is 454 g/mol. The van der Waals surface area contributed by atoms with Crippen LogP contribution in [0.5, 0.6) is 0 Å². The zero-order valence-electron chi connectivity index (χ0n) is 14.9. The molecule has 0 bridgehead atoms. The topological polar surface area (TPSA) is 311 Å². The van der Waals surface area contributed by atoms with Crippen molar-refractivity contribution in [1.82, 2.24) is 0 Å². The predicted molar refractivity (Wildman–Crippen MR) is 101 cm³/mol. The maximum Gasteiger partial charge on any atom is 0.425 e. The molecule has 0 aromatic heterocycles. The van der Waals surface area contributed by atoms with E-state index in [2.05, 4.69) is 0 Å². The highest BCUT2D eigenvalue weighted by Crippen LogP contribution is 2.55. The first-order chi connectivity index (χ1) is 14.7. The van der Waals surface area contributed by atoms with E-state index in [-0.39, 0.29) is 0 Å². The number of nitrogen functional groups attached to an aromatic ring is 2. The highest BCUT2D eigenvalue weighted by atomic mass is 16.7. The largest absolute Gasteiger partial charge is 0.425 e. The van der Waals surface area contributed by atoms with Crippen molar-refractivity contribution in [3.05, 3.63) is 72.8 Å². The van der Waals surface area contributed by atoms with E-state index in [1.165, 1.54) is 0 Å². The molecular weight excluding hydrogens is 448 g/mol. The normalized spacial score (nSPS) is 10.4. The van der Waals surface area contributed by atoms with Crippen LogP contribution in [0.1, 0.15) is 0 Å². The van der Waals surface area contributed by atoms with Crippen LogP contribution in [0, 0.1) is 60.7 Å². The maximum atomic E-state index is 11.6. The van der Waals surface area contributed by atoms with Gasteiger partial charge in [-0.05, 0) is 6.07 Å². The summed E-state index contributed by atoms with van der Waals surface area (Å²) in [7, 11) is 0. The van der Waals surface area contributed by atoms with Gasteiger partial charge in [0.1, 0.15) is 0 Å². The van der Waals surface area contributed by atoms with Crippen LogP contribution in [0.3, 0.4) is 0 Å². The molecule has 0 saturated heterocycles. The Labute approximate surface area is 171 Å². The monoisotopic (exact) mass is 454 g/mol. The Hall–Kier alpha value is -5.56. The van der Waals surface area contributed by atoms with Gasteiger partial charge in [0.25, 0.3) is 5.69 Å². The van der Waals surface area contributed by atoms with E-state index < -0.39 is 86.2 Å². The summed E-state index contributed by atoms with van der Waals surface area (Å²) in [6.45, 7) is 0. The fourth-order valence-corrected chi connectivity index (χ4v) is 2.85. The van der Waals surface area contributed by atoms with Crippen LogP contribution in [0.4, 0.5) is 45.5 Å². The number of nitrogens with zero attached hydrogens (tertiary/aromatic N) is 6. The minimum Gasteiger partial charge on any atom is -0.387 e. The van der Waals surface area contributed by atoms with Crippen molar-refractivity contribution in [3.8, 4) is 11.1 Å². The summed E-state index contributed by atoms with van der Waals surface area (Å²) < 4.78 is 0. The first-order valence-electron chi connectivity index (χ1n) is 7.52. The van der Waals surface area contributed by atoms with Crippen molar-refractivity contribution < 1.29 is 29.5 Å². The number of nitro groups is 6. The number of nitro benzene ring substituents is 6. The molecule has 4 N–H and O–H groups in total. The van der Waals surface area contributed by atoms with E-state index >= 15 is 0 Å². The molecule has 0 radical (unpaired) electrons. The molecular formula is C12H6N8O12. The molecule has 32 heavy (non-hydrogen) atoms. The molecule has 0 atom stereocenters. The second-order valence-electron chi connectivity index (χ2n) is 5.62. The molecule has 0 heterocycles. The van der Waals surface area contributed by atoms with Gasteiger partial charge in [0.2, 0.25) is 0 Å². The molecule has 0 aliphatic rings. The van der Waals surface area contributed by atoms with Crippen molar-refractivity contribution in [2.45, 2.75) is 0 Å². The second kappa shape index (κ2) is 7.69.